The maximum absolute atomic E-state index is 3.80. The molecule has 0 fully saturated rings. The number of hydrogen-bond donors (Lipinski definition) is 1. The zero-order chi connectivity index (χ0) is 52.6. The third-order valence-electron chi connectivity index (χ3n) is 14.5. The lowest BCUT2D eigenvalue weighted by atomic mass is 9.68. The van der Waals surface area contributed by atoms with Crippen molar-refractivity contribution in [2.75, 3.05) is 5.32 Å². The van der Waals surface area contributed by atoms with Gasteiger partial charge < -0.3 is 5.32 Å². The van der Waals surface area contributed by atoms with Gasteiger partial charge in [-0.05, 0) is 130 Å². The molecule has 0 bridgehead atoms. The molecule has 0 spiro atoms. The molecule has 0 radical (unpaired) electrons. The zero-order valence-corrected chi connectivity index (χ0v) is 46.1. The SMILES string of the molecule is C/C=C\C(C)C(C)(C)C.C1=CC(c2ccccc2)=CCC1.C=CCC/C=C\Cc1ccc(Nc2ccc(-c3cccc4c3sc3c5c(ccc34)C(c3ccccc3)(c3ccccc3)c3ccccc3-5)cc2)cc1.CC. The van der Waals surface area contributed by atoms with Crippen LogP contribution in [0.4, 0.5) is 11.4 Å². The number of thiophene rings is 1. The van der Waals surface area contributed by atoms with Gasteiger partial charge in [-0.2, -0.15) is 0 Å². The Labute approximate surface area is 453 Å². The molecule has 378 valence electrons. The van der Waals surface area contributed by atoms with Gasteiger partial charge in [0, 0.05) is 37.1 Å². The highest BCUT2D eigenvalue weighted by molar-refractivity contribution is 7.27. The molecule has 1 heterocycles. The number of hydrogen-bond acceptors (Lipinski definition) is 2. The molecular weight excluding hydrogens is 923 g/mol. The van der Waals surface area contributed by atoms with Gasteiger partial charge in [0.25, 0.3) is 0 Å². The fourth-order valence-electron chi connectivity index (χ4n) is 10.2. The summed E-state index contributed by atoms with van der Waals surface area (Å²) in [6, 6.07) is 70.9. The van der Waals surface area contributed by atoms with Gasteiger partial charge in [0.2, 0.25) is 0 Å². The third kappa shape index (κ3) is 12.2. The largest absolute Gasteiger partial charge is 0.356 e. The smallest absolute Gasteiger partial charge is 0.0714 e. The highest BCUT2D eigenvalue weighted by Crippen LogP contribution is 2.59. The number of allylic oxidation sites excluding steroid dienone is 9. The molecule has 1 atom stereocenters. The minimum Gasteiger partial charge on any atom is -0.356 e. The fourth-order valence-corrected chi connectivity index (χ4v) is 11.6. The van der Waals surface area contributed by atoms with Crippen molar-refractivity contribution in [2.45, 2.75) is 86.0 Å². The van der Waals surface area contributed by atoms with E-state index in [9.17, 15) is 0 Å². The summed E-state index contributed by atoms with van der Waals surface area (Å²) in [5.41, 5.74) is 16.7. The van der Waals surface area contributed by atoms with E-state index in [0.717, 1.165) is 30.6 Å². The van der Waals surface area contributed by atoms with E-state index in [2.05, 4.69) is 283 Å². The van der Waals surface area contributed by atoms with Crippen LogP contribution in [0.5, 0.6) is 0 Å². The van der Waals surface area contributed by atoms with Gasteiger partial charge in [-0.15, -0.1) is 17.9 Å². The molecule has 75 heavy (non-hydrogen) atoms. The first-order chi connectivity index (χ1) is 36.7. The molecule has 9 aromatic rings. The van der Waals surface area contributed by atoms with Gasteiger partial charge in [0.1, 0.15) is 0 Å². The van der Waals surface area contributed by atoms with Crippen LogP contribution in [0, 0.1) is 11.3 Å². The van der Waals surface area contributed by atoms with Crippen LogP contribution in [0.25, 0.3) is 48.0 Å². The molecule has 2 aliphatic rings. The van der Waals surface area contributed by atoms with Crippen LogP contribution in [0.15, 0.2) is 249 Å². The number of benzene rings is 8. The Morgan fingerprint density at radius 3 is 1.79 bits per heavy atom. The molecule has 2 aliphatic carbocycles. The van der Waals surface area contributed by atoms with Gasteiger partial charge in [0.05, 0.1) is 5.41 Å². The molecule has 11 rings (SSSR count). The quantitative estimate of drug-likeness (QED) is 0.0950. The molecule has 1 N–H and O–H groups in total. The maximum Gasteiger partial charge on any atom is 0.0714 e. The number of nitrogens with one attached hydrogen (secondary N) is 1. The lowest BCUT2D eigenvalue weighted by Crippen LogP contribution is -2.28. The molecule has 8 aromatic carbocycles. The second-order valence-corrected chi connectivity index (χ2v) is 21.3. The lowest BCUT2D eigenvalue weighted by Gasteiger charge is -2.33. The van der Waals surface area contributed by atoms with E-state index in [1.54, 1.807) is 0 Å². The first-order valence-electron chi connectivity index (χ1n) is 27.2. The van der Waals surface area contributed by atoms with Crippen LogP contribution in [0.1, 0.15) is 108 Å². The highest BCUT2D eigenvalue weighted by atomic mass is 32.1. The van der Waals surface area contributed by atoms with E-state index < -0.39 is 5.41 Å². The van der Waals surface area contributed by atoms with Gasteiger partial charge in [0.15, 0.2) is 0 Å². The summed E-state index contributed by atoms with van der Waals surface area (Å²) in [6.07, 6.45) is 23.0. The van der Waals surface area contributed by atoms with E-state index in [-0.39, 0.29) is 0 Å². The Balaban J connectivity index is 0.000000269. The Morgan fingerprint density at radius 1 is 0.587 bits per heavy atom. The van der Waals surface area contributed by atoms with Crippen molar-refractivity contribution in [1.29, 1.82) is 0 Å². The minimum absolute atomic E-state index is 0.396. The van der Waals surface area contributed by atoms with Crippen molar-refractivity contribution in [3.05, 3.63) is 283 Å². The summed E-state index contributed by atoms with van der Waals surface area (Å²) >= 11 is 1.94. The standard InChI is InChI=1S/C50H39NS.C12H12.C9H18.C2H6/c1-2-3-4-5-8-16-35-25-29-39(30-26-35)51-40-31-27-36(28-32-40)41-22-15-23-42-43-33-34-46-47(49(43)52-48(41)42)44-21-13-14-24-45(44)50(46,37-17-9-6-10-18-37)38-19-11-7-12-20-38;1-3-7-11(8-4-1)12-9-5-2-6-10-12;1-6-7-8(2)9(3,4)5;1-2/h2,5-15,17-34,51H,1,3-4,16H2;1,3-5,7-10H,2,6H2;6-8H,1-5H3;1-2H3/b8-5-;;7-6-;. The van der Waals surface area contributed by atoms with Crippen LogP contribution in [-0.4, -0.2) is 0 Å². The monoisotopic (exact) mass is 998 g/mol. The number of fused-ring (bicyclic) bond motifs is 7. The van der Waals surface area contributed by atoms with Gasteiger partial charge in [-0.1, -0.05) is 260 Å². The predicted molar refractivity (Wildman–Crippen MR) is 332 cm³/mol. The molecule has 0 amide bonds. The Hall–Kier alpha value is -7.52. The molecule has 1 nitrogen and oxygen atoms in total. The molecule has 0 aliphatic heterocycles. The third-order valence-corrected chi connectivity index (χ3v) is 15.8. The van der Waals surface area contributed by atoms with Crippen molar-refractivity contribution in [3.63, 3.8) is 0 Å². The molecule has 0 saturated carbocycles. The summed E-state index contributed by atoms with van der Waals surface area (Å²) in [5.74, 6) is 0.683. The van der Waals surface area contributed by atoms with E-state index in [1.807, 2.05) is 31.3 Å². The minimum atomic E-state index is -0.396. The van der Waals surface area contributed by atoms with Crippen molar-refractivity contribution < 1.29 is 0 Å². The van der Waals surface area contributed by atoms with Crippen molar-refractivity contribution >= 4 is 48.5 Å². The first kappa shape index (κ1) is 53.8. The lowest BCUT2D eigenvalue weighted by molar-refractivity contribution is 0.314. The summed E-state index contributed by atoms with van der Waals surface area (Å²) in [6.45, 7) is 18.9. The average molecular weight is 998 g/mol. The van der Waals surface area contributed by atoms with Gasteiger partial charge in [-0.3, -0.25) is 0 Å². The highest BCUT2D eigenvalue weighted by Gasteiger charge is 2.46. The Kier molecular flexibility index (Phi) is 18.4. The topological polar surface area (TPSA) is 12.0 Å². The van der Waals surface area contributed by atoms with Crippen LogP contribution in [0.3, 0.4) is 0 Å². The van der Waals surface area contributed by atoms with Crippen LogP contribution in [-0.2, 0) is 11.8 Å². The number of anilines is 2. The summed E-state index contributed by atoms with van der Waals surface area (Å²) < 4.78 is 2.69. The predicted octanol–water partition coefficient (Wildman–Crippen LogP) is 21.6. The summed E-state index contributed by atoms with van der Waals surface area (Å²) in [5, 5.41) is 6.23. The average Bonchev–Trinajstić information content (AvgIpc) is 4.02. The van der Waals surface area contributed by atoms with Crippen LogP contribution >= 0.6 is 11.3 Å². The van der Waals surface area contributed by atoms with Crippen molar-refractivity contribution in [2.24, 2.45) is 11.3 Å². The van der Waals surface area contributed by atoms with Gasteiger partial charge in [-0.25, -0.2) is 0 Å². The zero-order valence-electron chi connectivity index (χ0n) is 45.3. The maximum atomic E-state index is 3.80. The molecule has 1 aromatic heterocycles. The first-order valence-corrected chi connectivity index (χ1v) is 28.0. The Morgan fingerprint density at radius 2 is 1.19 bits per heavy atom. The van der Waals surface area contributed by atoms with E-state index in [4.69, 9.17) is 0 Å². The van der Waals surface area contributed by atoms with Crippen molar-refractivity contribution in [1.82, 2.24) is 0 Å². The molecule has 0 saturated heterocycles. The van der Waals surface area contributed by atoms with Crippen molar-refractivity contribution in [3.8, 4) is 22.3 Å². The summed E-state index contributed by atoms with van der Waals surface area (Å²) in [4.78, 5) is 0. The number of unbranched alkanes of at least 4 members (excludes halogenated alkanes) is 1. The molecule has 2 heteroatoms. The molecular formula is C73H75NS. The fraction of sp³-hybridized carbons (Fsp3) is 0.205. The van der Waals surface area contributed by atoms with Crippen LogP contribution in [0.2, 0.25) is 0 Å². The normalized spacial score (nSPS) is 13.6. The van der Waals surface area contributed by atoms with E-state index >= 15 is 0 Å². The number of rotatable bonds is 12. The van der Waals surface area contributed by atoms with Crippen LogP contribution < -0.4 is 5.32 Å². The second-order valence-electron chi connectivity index (χ2n) is 20.3. The summed E-state index contributed by atoms with van der Waals surface area (Å²) in [7, 11) is 0. The second kappa shape index (κ2) is 25.6. The van der Waals surface area contributed by atoms with E-state index in [0.29, 0.717) is 11.3 Å². The molecule has 1 unspecified atom stereocenters. The van der Waals surface area contributed by atoms with E-state index in [1.165, 1.54) is 94.2 Å². The van der Waals surface area contributed by atoms with Gasteiger partial charge >= 0.3 is 0 Å². The Bertz CT molecular complexity index is 3340.